The Kier molecular flexibility index (Phi) is 4.42. The van der Waals surface area contributed by atoms with Crippen molar-refractivity contribution in [2.45, 2.75) is 13.0 Å². The van der Waals surface area contributed by atoms with E-state index in [4.69, 9.17) is 21.1 Å². The van der Waals surface area contributed by atoms with Gasteiger partial charge >= 0.3 is 0 Å². The van der Waals surface area contributed by atoms with Crippen molar-refractivity contribution in [3.63, 3.8) is 0 Å². The number of halogens is 1. The molecule has 0 bridgehead atoms. The van der Waals surface area contributed by atoms with Crippen molar-refractivity contribution < 1.29 is 14.3 Å². The number of carbonyl (C=O) groups excluding carboxylic acids is 1. The maximum absolute atomic E-state index is 10.5. The normalized spacial score (nSPS) is 11.7. The fourth-order valence-electron chi connectivity index (χ4n) is 1.47. The number of rotatable bonds is 5. The Hall–Kier alpha value is -2.00. The average molecular weight is 277 g/mol. The summed E-state index contributed by atoms with van der Waals surface area (Å²) in [4.78, 5) is 10.5. The van der Waals surface area contributed by atoms with E-state index in [0.29, 0.717) is 22.3 Å². The van der Waals surface area contributed by atoms with E-state index >= 15 is 0 Å². The Balaban J connectivity index is 2.02. The molecular weight excluding hydrogens is 264 g/mol. The topological polar surface area (TPSA) is 35.5 Å². The van der Waals surface area contributed by atoms with Crippen LogP contribution in [0.2, 0.25) is 5.02 Å². The molecule has 1 unspecified atom stereocenters. The smallest absolute Gasteiger partial charge is 0.160 e. The van der Waals surface area contributed by atoms with Crippen LogP contribution in [0.25, 0.3) is 0 Å². The summed E-state index contributed by atoms with van der Waals surface area (Å²) in [6, 6.07) is 14.2. The van der Waals surface area contributed by atoms with Crippen molar-refractivity contribution in [2.24, 2.45) is 0 Å². The van der Waals surface area contributed by atoms with Gasteiger partial charge in [0, 0.05) is 5.02 Å². The molecule has 0 aliphatic carbocycles. The van der Waals surface area contributed by atoms with Crippen LogP contribution >= 0.6 is 11.6 Å². The Labute approximate surface area is 116 Å². The zero-order chi connectivity index (χ0) is 13.7. The molecule has 0 radical (unpaired) electrons. The molecule has 2 rings (SSSR count). The van der Waals surface area contributed by atoms with E-state index in [9.17, 15) is 4.79 Å². The van der Waals surface area contributed by atoms with Crippen LogP contribution in [0.15, 0.2) is 48.5 Å². The van der Waals surface area contributed by atoms with Crippen LogP contribution in [-0.4, -0.2) is 12.4 Å². The summed E-state index contributed by atoms with van der Waals surface area (Å²) in [6.07, 6.45) is 0.293. The average Bonchev–Trinajstić information content (AvgIpc) is 2.43. The summed E-state index contributed by atoms with van der Waals surface area (Å²) in [5.41, 5.74) is 0. The molecule has 2 aromatic carbocycles. The van der Waals surface area contributed by atoms with Crippen LogP contribution in [0, 0.1) is 0 Å². The van der Waals surface area contributed by atoms with Crippen molar-refractivity contribution in [3.05, 3.63) is 53.6 Å². The van der Waals surface area contributed by atoms with Crippen molar-refractivity contribution in [2.75, 3.05) is 0 Å². The van der Waals surface area contributed by atoms with E-state index in [1.807, 2.05) is 0 Å². The zero-order valence-electron chi connectivity index (χ0n) is 10.4. The third-order valence-corrected chi connectivity index (χ3v) is 2.64. The molecule has 98 valence electrons. The standard InChI is InChI=1S/C15H13ClO3/c1-11(10-17)18-13-6-8-15(9-7-13)19-14-4-2-12(16)3-5-14/h2-11H,1H3. The second-order valence-corrected chi connectivity index (χ2v) is 4.42. The number of hydrogen-bond donors (Lipinski definition) is 0. The van der Waals surface area contributed by atoms with Crippen LogP contribution in [-0.2, 0) is 4.79 Å². The molecule has 0 fully saturated rings. The maximum Gasteiger partial charge on any atom is 0.160 e. The third-order valence-electron chi connectivity index (χ3n) is 2.39. The predicted octanol–water partition coefficient (Wildman–Crippen LogP) is 4.10. The van der Waals surface area contributed by atoms with E-state index in [1.165, 1.54) is 0 Å². The lowest BCUT2D eigenvalue weighted by molar-refractivity contribution is -0.113. The highest BCUT2D eigenvalue weighted by atomic mass is 35.5. The number of carbonyl (C=O) groups is 1. The minimum atomic E-state index is -0.456. The molecule has 0 amide bonds. The maximum atomic E-state index is 10.5. The van der Waals surface area contributed by atoms with Gasteiger partial charge < -0.3 is 9.47 Å². The second-order valence-electron chi connectivity index (χ2n) is 3.99. The molecular formula is C15H13ClO3. The van der Waals surface area contributed by atoms with Crippen molar-refractivity contribution in [1.82, 2.24) is 0 Å². The Morgan fingerprint density at radius 1 is 0.947 bits per heavy atom. The second kappa shape index (κ2) is 6.25. The Morgan fingerprint density at radius 3 is 1.95 bits per heavy atom. The van der Waals surface area contributed by atoms with Crippen molar-refractivity contribution in [1.29, 1.82) is 0 Å². The highest BCUT2D eigenvalue weighted by Gasteiger charge is 2.02. The molecule has 0 aliphatic rings. The fourth-order valence-corrected chi connectivity index (χ4v) is 1.59. The Bertz CT molecular complexity index is 534. The predicted molar refractivity (Wildman–Crippen MR) is 74.1 cm³/mol. The van der Waals surface area contributed by atoms with E-state index in [1.54, 1.807) is 55.5 Å². The Morgan fingerprint density at radius 2 is 1.42 bits per heavy atom. The minimum Gasteiger partial charge on any atom is -0.483 e. The first-order chi connectivity index (χ1) is 9.17. The lowest BCUT2D eigenvalue weighted by Gasteiger charge is -2.10. The van der Waals surface area contributed by atoms with Crippen molar-refractivity contribution in [3.8, 4) is 17.2 Å². The van der Waals surface area contributed by atoms with Gasteiger partial charge in [0.2, 0.25) is 0 Å². The van der Waals surface area contributed by atoms with Gasteiger partial charge in [-0.05, 0) is 55.5 Å². The van der Waals surface area contributed by atoms with Gasteiger partial charge in [-0.1, -0.05) is 11.6 Å². The highest BCUT2D eigenvalue weighted by molar-refractivity contribution is 6.30. The first kappa shape index (κ1) is 13.4. The first-order valence-electron chi connectivity index (χ1n) is 5.83. The SMILES string of the molecule is CC(C=O)Oc1ccc(Oc2ccc(Cl)cc2)cc1. The van der Waals surface area contributed by atoms with Gasteiger partial charge in [0.1, 0.15) is 17.2 Å². The molecule has 4 heteroatoms. The quantitative estimate of drug-likeness (QED) is 0.771. The first-order valence-corrected chi connectivity index (χ1v) is 6.20. The van der Waals surface area contributed by atoms with Crippen LogP contribution in [0.3, 0.4) is 0 Å². The molecule has 0 aromatic heterocycles. The molecule has 2 aromatic rings. The van der Waals surface area contributed by atoms with Crippen LogP contribution < -0.4 is 9.47 Å². The molecule has 3 nitrogen and oxygen atoms in total. The van der Waals surface area contributed by atoms with Gasteiger partial charge in [-0.15, -0.1) is 0 Å². The van der Waals surface area contributed by atoms with Crippen molar-refractivity contribution >= 4 is 17.9 Å². The summed E-state index contributed by atoms with van der Waals surface area (Å²) in [6.45, 7) is 1.69. The molecule has 0 aliphatic heterocycles. The molecule has 0 saturated heterocycles. The zero-order valence-corrected chi connectivity index (χ0v) is 11.1. The largest absolute Gasteiger partial charge is 0.483 e. The summed E-state index contributed by atoms with van der Waals surface area (Å²) >= 11 is 5.80. The molecule has 0 saturated carbocycles. The minimum absolute atomic E-state index is 0.456. The van der Waals surface area contributed by atoms with Gasteiger partial charge in [-0.2, -0.15) is 0 Å². The molecule has 19 heavy (non-hydrogen) atoms. The van der Waals surface area contributed by atoms with Gasteiger partial charge in [-0.25, -0.2) is 0 Å². The lowest BCUT2D eigenvalue weighted by Crippen LogP contribution is -2.12. The van der Waals surface area contributed by atoms with Gasteiger partial charge in [0.25, 0.3) is 0 Å². The van der Waals surface area contributed by atoms with E-state index < -0.39 is 6.10 Å². The van der Waals surface area contributed by atoms with Crippen LogP contribution in [0.4, 0.5) is 0 Å². The summed E-state index contributed by atoms with van der Waals surface area (Å²) < 4.78 is 11.0. The fraction of sp³-hybridized carbons (Fsp3) is 0.133. The third kappa shape index (κ3) is 4.00. The number of ether oxygens (including phenoxy) is 2. The summed E-state index contributed by atoms with van der Waals surface area (Å²) in [5, 5.41) is 0.666. The molecule has 0 heterocycles. The lowest BCUT2D eigenvalue weighted by atomic mass is 10.3. The van der Waals surface area contributed by atoms with Gasteiger partial charge in [-0.3, -0.25) is 4.79 Å². The van der Waals surface area contributed by atoms with Gasteiger partial charge in [0.05, 0.1) is 0 Å². The summed E-state index contributed by atoms with van der Waals surface area (Å²) in [7, 11) is 0. The van der Waals surface area contributed by atoms with Crippen LogP contribution in [0.1, 0.15) is 6.92 Å². The summed E-state index contributed by atoms with van der Waals surface area (Å²) in [5.74, 6) is 2.02. The highest BCUT2D eigenvalue weighted by Crippen LogP contribution is 2.25. The van der Waals surface area contributed by atoms with E-state index in [2.05, 4.69) is 0 Å². The molecule has 0 N–H and O–H groups in total. The number of benzene rings is 2. The number of hydrogen-bond acceptors (Lipinski definition) is 3. The van der Waals surface area contributed by atoms with Crippen LogP contribution in [0.5, 0.6) is 17.2 Å². The monoisotopic (exact) mass is 276 g/mol. The molecule has 1 atom stereocenters. The molecule has 0 spiro atoms. The van der Waals surface area contributed by atoms with E-state index in [0.717, 1.165) is 6.29 Å². The number of aldehydes is 1. The van der Waals surface area contributed by atoms with Gasteiger partial charge in [0.15, 0.2) is 12.4 Å². The van der Waals surface area contributed by atoms with E-state index in [-0.39, 0.29) is 0 Å².